The molecule has 2 N–H and O–H groups in total. The molecule has 24 heavy (non-hydrogen) atoms. The van der Waals surface area contributed by atoms with Crippen molar-refractivity contribution in [3.8, 4) is 11.5 Å². The van der Waals surface area contributed by atoms with Crippen molar-refractivity contribution in [1.82, 2.24) is 15.5 Å². The molecule has 0 unspecified atom stereocenters. The number of methoxy groups -OCH3 is 2. The normalized spacial score (nSPS) is 22.9. The van der Waals surface area contributed by atoms with Crippen molar-refractivity contribution < 1.29 is 19.1 Å². The number of carbonyl (C=O) groups excluding carboxylic acids is 2. The van der Waals surface area contributed by atoms with Crippen LogP contribution in [-0.2, 0) is 11.3 Å². The average molecular weight is 333 g/mol. The minimum absolute atomic E-state index is 0.0793. The molecule has 1 aromatic carbocycles. The highest BCUT2D eigenvalue weighted by Crippen LogP contribution is 2.28. The van der Waals surface area contributed by atoms with Gasteiger partial charge < -0.3 is 20.1 Å². The molecule has 3 amide bonds. The summed E-state index contributed by atoms with van der Waals surface area (Å²) in [6.45, 7) is 2.34. The van der Waals surface area contributed by atoms with Gasteiger partial charge in [-0.1, -0.05) is 6.07 Å². The van der Waals surface area contributed by atoms with Crippen molar-refractivity contribution in [3.63, 3.8) is 0 Å². The first-order valence-electron chi connectivity index (χ1n) is 8.13. The Labute approximate surface area is 141 Å². The highest BCUT2D eigenvalue weighted by atomic mass is 16.5. The summed E-state index contributed by atoms with van der Waals surface area (Å²) in [6.07, 6.45) is 0.880. The molecule has 2 aliphatic rings. The van der Waals surface area contributed by atoms with Crippen LogP contribution in [0.2, 0.25) is 0 Å². The van der Waals surface area contributed by atoms with Crippen LogP contribution in [0.15, 0.2) is 18.2 Å². The predicted molar refractivity (Wildman–Crippen MR) is 88.0 cm³/mol. The number of nitrogens with zero attached hydrogens (tertiary/aromatic N) is 1. The van der Waals surface area contributed by atoms with Gasteiger partial charge in [-0.15, -0.1) is 0 Å². The second-order valence-electron chi connectivity index (χ2n) is 6.25. The molecule has 7 nitrogen and oxygen atoms in total. The molecule has 0 spiro atoms. The minimum atomic E-state index is -0.327. The van der Waals surface area contributed by atoms with E-state index < -0.39 is 0 Å². The van der Waals surface area contributed by atoms with Gasteiger partial charge in [-0.3, -0.25) is 9.69 Å². The van der Waals surface area contributed by atoms with E-state index >= 15 is 0 Å². The summed E-state index contributed by atoms with van der Waals surface area (Å²) in [5.41, 5.74) is 0.882. The van der Waals surface area contributed by atoms with E-state index in [4.69, 9.17) is 9.47 Å². The lowest BCUT2D eigenvalue weighted by Gasteiger charge is -2.39. The zero-order valence-electron chi connectivity index (χ0n) is 14.0. The number of rotatable bonds is 4. The Balaban J connectivity index is 1.62. The van der Waals surface area contributed by atoms with Crippen molar-refractivity contribution in [1.29, 1.82) is 0 Å². The van der Waals surface area contributed by atoms with Gasteiger partial charge >= 0.3 is 6.03 Å². The summed E-state index contributed by atoms with van der Waals surface area (Å²) in [6, 6.07) is 5.14. The first-order valence-corrected chi connectivity index (χ1v) is 8.13. The van der Waals surface area contributed by atoms with Crippen molar-refractivity contribution in [3.05, 3.63) is 23.8 Å². The predicted octanol–water partition coefficient (Wildman–Crippen LogP) is 0.981. The van der Waals surface area contributed by atoms with E-state index in [1.54, 1.807) is 20.3 Å². The van der Waals surface area contributed by atoms with E-state index in [2.05, 4.69) is 10.6 Å². The monoisotopic (exact) mass is 333 g/mol. The van der Waals surface area contributed by atoms with E-state index in [0.717, 1.165) is 18.5 Å². The first kappa shape index (κ1) is 16.6. The molecule has 0 saturated carbocycles. The molecular formula is C17H23N3O4. The van der Waals surface area contributed by atoms with Gasteiger partial charge in [-0.25, -0.2) is 4.79 Å². The molecule has 2 saturated heterocycles. The number of fused-ring (bicyclic) bond motifs is 2. The SMILES string of the molecule is COc1ccc(CNC(=O)N2C[C@@H]3CNC[C@@H](C3)C2=O)cc1OC. The van der Waals surface area contributed by atoms with Gasteiger partial charge in [0.2, 0.25) is 5.91 Å². The minimum Gasteiger partial charge on any atom is -0.493 e. The fourth-order valence-corrected chi connectivity index (χ4v) is 3.37. The molecule has 2 aliphatic heterocycles. The molecule has 3 rings (SSSR count). The van der Waals surface area contributed by atoms with Gasteiger partial charge in [0.1, 0.15) is 0 Å². The zero-order chi connectivity index (χ0) is 17.1. The summed E-state index contributed by atoms with van der Waals surface area (Å²) < 4.78 is 10.5. The summed E-state index contributed by atoms with van der Waals surface area (Å²) in [5, 5.41) is 6.08. The largest absolute Gasteiger partial charge is 0.493 e. The molecule has 0 radical (unpaired) electrons. The molecule has 2 atom stereocenters. The van der Waals surface area contributed by atoms with E-state index in [1.165, 1.54) is 4.90 Å². The van der Waals surface area contributed by atoms with Crippen LogP contribution in [0.3, 0.4) is 0 Å². The van der Waals surface area contributed by atoms with Crippen LogP contribution in [0.4, 0.5) is 4.79 Å². The van der Waals surface area contributed by atoms with Crippen molar-refractivity contribution in [2.45, 2.75) is 13.0 Å². The standard InChI is InChI=1S/C17H23N3O4/c1-23-14-4-3-11(6-15(14)24-2)8-19-17(22)20-10-12-5-13(16(20)21)9-18-7-12/h3-4,6,12-13,18H,5,7-10H2,1-2H3,(H,19,22)/t12-,13+/m0/s1. The fraction of sp³-hybridized carbons (Fsp3) is 0.529. The number of likely N-dealkylation sites (tertiary alicyclic amines) is 1. The first-order chi connectivity index (χ1) is 11.6. The highest BCUT2D eigenvalue weighted by molar-refractivity contribution is 5.96. The third kappa shape index (κ3) is 3.31. The van der Waals surface area contributed by atoms with E-state index in [1.807, 2.05) is 12.1 Å². The smallest absolute Gasteiger partial charge is 0.324 e. The molecule has 130 valence electrons. The van der Waals surface area contributed by atoms with Gasteiger partial charge in [0.05, 0.1) is 20.1 Å². The third-order valence-corrected chi connectivity index (χ3v) is 4.63. The number of piperidine rings is 2. The number of amides is 3. The average Bonchev–Trinajstić information content (AvgIpc) is 2.62. The molecule has 0 aliphatic carbocycles. The Morgan fingerprint density at radius 3 is 2.83 bits per heavy atom. The number of carbonyl (C=O) groups is 2. The molecule has 2 fully saturated rings. The van der Waals surface area contributed by atoms with Gasteiger partial charge in [-0.2, -0.15) is 0 Å². The second kappa shape index (κ2) is 7.09. The summed E-state index contributed by atoms with van der Waals surface area (Å²) >= 11 is 0. The van der Waals surface area contributed by atoms with Crippen LogP contribution in [0.25, 0.3) is 0 Å². The molecule has 0 aromatic heterocycles. The Bertz CT molecular complexity index is 634. The molecule has 2 bridgehead atoms. The summed E-state index contributed by atoms with van der Waals surface area (Å²) in [4.78, 5) is 26.1. The van der Waals surface area contributed by atoms with Crippen molar-refractivity contribution in [2.24, 2.45) is 11.8 Å². The molecule has 7 heteroatoms. The topological polar surface area (TPSA) is 79.9 Å². The second-order valence-corrected chi connectivity index (χ2v) is 6.25. The van der Waals surface area contributed by atoms with Gasteiger partial charge in [0.15, 0.2) is 11.5 Å². The lowest BCUT2D eigenvalue weighted by Crippen LogP contribution is -2.58. The number of nitrogens with one attached hydrogen (secondary N) is 2. The molecule has 1 aromatic rings. The Kier molecular flexibility index (Phi) is 4.89. The van der Waals surface area contributed by atoms with Crippen LogP contribution in [0.5, 0.6) is 11.5 Å². The Hall–Kier alpha value is -2.28. The van der Waals surface area contributed by atoms with Crippen LogP contribution < -0.4 is 20.1 Å². The van der Waals surface area contributed by atoms with E-state index in [-0.39, 0.29) is 17.9 Å². The van der Waals surface area contributed by atoms with Gasteiger partial charge in [0, 0.05) is 19.6 Å². The maximum Gasteiger partial charge on any atom is 0.324 e. The highest BCUT2D eigenvalue weighted by Gasteiger charge is 2.39. The number of urea groups is 1. The third-order valence-electron chi connectivity index (χ3n) is 4.63. The quantitative estimate of drug-likeness (QED) is 0.859. The maximum absolute atomic E-state index is 12.4. The van der Waals surface area contributed by atoms with Crippen LogP contribution in [0.1, 0.15) is 12.0 Å². The maximum atomic E-state index is 12.4. The van der Waals surface area contributed by atoms with Gasteiger partial charge in [-0.05, 0) is 36.6 Å². The Morgan fingerprint density at radius 1 is 1.29 bits per heavy atom. The molecule has 2 heterocycles. The van der Waals surface area contributed by atoms with Gasteiger partial charge in [0.25, 0.3) is 0 Å². The summed E-state index contributed by atoms with van der Waals surface area (Å²) in [5.74, 6) is 1.44. The van der Waals surface area contributed by atoms with Crippen LogP contribution in [-0.4, -0.2) is 50.7 Å². The Morgan fingerprint density at radius 2 is 2.08 bits per heavy atom. The number of hydrogen-bond acceptors (Lipinski definition) is 5. The zero-order valence-corrected chi connectivity index (χ0v) is 14.0. The van der Waals surface area contributed by atoms with Crippen molar-refractivity contribution in [2.75, 3.05) is 33.9 Å². The number of hydrogen-bond donors (Lipinski definition) is 2. The molecular weight excluding hydrogens is 310 g/mol. The van der Waals surface area contributed by atoms with E-state index in [9.17, 15) is 9.59 Å². The van der Waals surface area contributed by atoms with Crippen molar-refractivity contribution >= 4 is 11.9 Å². The number of benzene rings is 1. The number of ether oxygens (including phenoxy) is 2. The number of imide groups is 1. The lowest BCUT2D eigenvalue weighted by atomic mass is 9.85. The fourth-order valence-electron chi connectivity index (χ4n) is 3.37. The van der Waals surface area contributed by atoms with Crippen LogP contribution in [0, 0.1) is 11.8 Å². The lowest BCUT2D eigenvalue weighted by molar-refractivity contribution is -0.137. The summed E-state index contributed by atoms with van der Waals surface area (Å²) in [7, 11) is 3.15. The van der Waals surface area contributed by atoms with Crippen LogP contribution >= 0.6 is 0 Å². The van der Waals surface area contributed by atoms with E-state index in [0.29, 0.717) is 37.1 Å².